The summed E-state index contributed by atoms with van der Waals surface area (Å²) in [5.41, 5.74) is 4.39. The van der Waals surface area contributed by atoms with Crippen LogP contribution in [-0.4, -0.2) is 16.3 Å². The third kappa shape index (κ3) is 3.30. The fraction of sp³-hybridized carbons (Fsp3) is 0.385. The predicted molar refractivity (Wildman–Crippen MR) is 122 cm³/mol. The Morgan fingerprint density at radius 1 is 0.903 bits per heavy atom. The van der Waals surface area contributed by atoms with Gasteiger partial charge in [0.2, 0.25) is 0 Å². The van der Waals surface area contributed by atoms with Crippen molar-refractivity contribution in [2.75, 3.05) is 0 Å². The third-order valence-electron chi connectivity index (χ3n) is 7.79. The van der Waals surface area contributed by atoms with Crippen molar-refractivity contribution in [2.45, 2.75) is 43.9 Å². The Balaban J connectivity index is 1.31. The van der Waals surface area contributed by atoms with E-state index in [0.29, 0.717) is 10.7 Å². The van der Waals surface area contributed by atoms with E-state index in [0.717, 1.165) is 51.8 Å². The predicted octanol–water partition coefficient (Wildman–Crippen LogP) is 5.85. The topological polar surface area (TPSA) is 66.4 Å². The highest BCUT2D eigenvalue weighted by atomic mass is 32.2. The van der Waals surface area contributed by atoms with E-state index in [9.17, 15) is 14.7 Å². The minimum Gasteiger partial charge on any atom is -0.508 e. The van der Waals surface area contributed by atoms with Crippen molar-refractivity contribution < 1.29 is 14.7 Å². The number of amides is 2. The van der Waals surface area contributed by atoms with Crippen molar-refractivity contribution in [3.05, 3.63) is 58.5 Å². The largest absolute Gasteiger partial charge is 0.508 e. The molecule has 4 saturated carbocycles. The Bertz CT molecular complexity index is 1080. The van der Waals surface area contributed by atoms with Crippen molar-refractivity contribution in [3.8, 4) is 16.9 Å². The summed E-state index contributed by atoms with van der Waals surface area (Å²) < 4.78 is 0. The van der Waals surface area contributed by atoms with Gasteiger partial charge in [0.05, 0.1) is 4.91 Å². The Morgan fingerprint density at radius 2 is 1.52 bits per heavy atom. The van der Waals surface area contributed by atoms with Crippen LogP contribution in [0.5, 0.6) is 5.75 Å². The molecule has 2 aromatic carbocycles. The van der Waals surface area contributed by atoms with Crippen LogP contribution in [0.1, 0.15) is 49.7 Å². The summed E-state index contributed by atoms with van der Waals surface area (Å²) in [5.74, 6) is 2.61. The second kappa shape index (κ2) is 6.99. The molecule has 31 heavy (non-hydrogen) atoms. The number of carbonyl (C=O) groups is 2. The van der Waals surface area contributed by atoms with Gasteiger partial charge in [-0.15, -0.1) is 0 Å². The van der Waals surface area contributed by atoms with Gasteiger partial charge in [0.1, 0.15) is 5.75 Å². The minimum atomic E-state index is -0.335. The van der Waals surface area contributed by atoms with Crippen molar-refractivity contribution in [1.82, 2.24) is 5.32 Å². The number of aromatic hydroxyl groups is 1. The summed E-state index contributed by atoms with van der Waals surface area (Å²) in [6.07, 6.45) is 9.57. The highest BCUT2D eigenvalue weighted by Crippen LogP contribution is 2.62. The molecule has 1 saturated heterocycles. The van der Waals surface area contributed by atoms with Crippen LogP contribution in [0.25, 0.3) is 17.2 Å². The molecule has 5 aliphatic rings. The lowest BCUT2D eigenvalue weighted by molar-refractivity contribution is -0.115. The summed E-state index contributed by atoms with van der Waals surface area (Å²) in [7, 11) is 0. The number of phenols is 1. The molecule has 0 aromatic heterocycles. The van der Waals surface area contributed by atoms with Gasteiger partial charge < -0.3 is 5.11 Å². The molecule has 0 spiro atoms. The van der Waals surface area contributed by atoms with E-state index in [4.69, 9.17) is 0 Å². The minimum absolute atomic E-state index is 0.152. The average molecular weight is 432 g/mol. The van der Waals surface area contributed by atoms with E-state index in [2.05, 4.69) is 11.4 Å². The molecule has 0 radical (unpaired) electrons. The molecule has 0 unspecified atom stereocenters. The summed E-state index contributed by atoms with van der Waals surface area (Å²) in [6, 6.07) is 14.1. The van der Waals surface area contributed by atoms with Gasteiger partial charge in [-0.2, -0.15) is 0 Å². The molecule has 4 bridgehead atoms. The highest BCUT2D eigenvalue weighted by Gasteiger charge is 2.52. The first kappa shape index (κ1) is 19.2. The lowest BCUT2D eigenvalue weighted by Crippen LogP contribution is -2.48. The molecule has 4 aliphatic carbocycles. The summed E-state index contributed by atoms with van der Waals surface area (Å²) in [5, 5.41) is 12.8. The number of carbonyl (C=O) groups excluding carboxylic acids is 2. The number of benzene rings is 2. The maximum absolute atomic E-state index is 11.8. The number of rotatable bonds is 3. The smallest absolute Gasteiger partial charge is 0.290 e. The van der Waals surface area contributed by atoms with E-state index in [1.165, 1.54) is 38.5 Å². The normalized spacial score (nSPS) is 32.6. The molecule has 5 fully saturated rings. The van der Waals surface area contributed by atoms with Crippen LogP contribution in [-0.2, 0) is 10.2 Å². The van der Waals surface area contributed by atoms with Crippen LogP contribution in [0, 0.1) is 17.8 Å². The fourth-order valence-corrected chi connectivity index (χ4v) is 7.61. The molecule has 2 aromatic rings. The first-order chi connectivity index (χ1) is 15.0. The lowest BCUT2D eigenvalue weighted by atomic mass is 9.48. The second-order valence-electron chi connectivity index (χ2n) is 9.90. The van der Waals surface area contributed by atoms with Gasteiger partial charge in [0, 0.05) is 5.56 Å². The molecule has 0 atom stereocenters. The van der Waals surface area contributed by atoms with Gasteiger partial charge in [-0.25, -0.2) is 0 Å². The third-order valence-corrected chi connectivity index (χ3v) is 8.60. The van der Waals surface area contributed by atoms with Crippen molar-refractivity contribution in [3.63, 3.8) is 0 Å². The zero-order chi connectivity index (χ0) is 21.2. The van der Waals surface area contributed by atoms with E-state index in [1.54, 1.807) is 6.08 Å². The zero-order valence-electron chi connectivity index (χ0n) is 17.3. The summed E-state index contributed by atoms with van der Waals surface area (Å²) in [4.78, 5) is 23.5. The molecule has 2 N–H and O–H groups in total. The molecule has 5 heteroatoms. The van der Waals surface area contributed by atoms with Crippen LogP contribution in [0.2, 0.25) is 0 Å². The quantitative estimate of drug-likeness (QED) is 0.598. The number of thioether (sulfide) groups is 1. The number of phenolic OH excluding ortho intramolecular Hbond substituents is 1. The molecule has 2 amide bonds. The summed E-state index contributed by atoms with van der Waals surface area (Å²) >= 11 is 0.934. The Hall–Kier alpha value is -2.53. The van der Waals surface area contributed by atoms with Gasteiger partial charge in [-0.1, -0.05) is 30.3 Å². The van der Waals surface area contributed by atoms with Crippen LogP contribution >= 0.6 is 11.8 Å². The molecular formula is C26H25NO3S. The molecule has 7 rings (SSSR count). The van der Waals surface area contributed by atoms with E-state index < -0.39 is 0 Å². The first-order valence-electron chi connectivity index (χ1n) is 11.2. The first-order valence-corrected chi connectivity index (χ1v) is 12.0. The number of nitrogens with one attached hydrogen (secondary N) is 1. The monoisotopic (exact) mass is 431 g/mol. The van der Waals surface area contributed by atoms with E-state index in [1.807, 2.05) is 36.4 Å². The van der Waals surface area contributed by atoms with Gasteiger partial charge >= 0.3 is 0 Å². The number of hydrogen-bond acceptors (Lipinski definition) is 4. The number of hydrogen-bond donors (Lipinski definition) is 2. The van der Waals surface area contributed by atoms with E-state index >= 15 is 0 Å². The van der Waals surface area contributed by atoms with E-state index in [-0.39, 0.29) is 16.6 Å². The standard InChI is InChI=1S/C26H25NO3S/c28-22-6-5-20(11-21(22)26-12-16-7-17(13-26)9-18(8-16)14-26)19-3-1-15(2-4-19)10-23-24(29)27-25(30)31-23/h1-6,10-11,16-18,28H,7-9,12-14H2,(H,27,29,30)/b23-10-. The van der Waals surface area contributed by atoms with Gasteiger partial charge in [-0.05, 0) is 108 Å². The van der Waals surface area contributed by atoms with Crippen LogP contribution < -0.4 is 5.32 Å². The summed E-state index contributed by atoms with van der Waals surface area (Å²) in [6.45, 7) is 0. The molecule has 1 aliphatic heterocycles. The van der Waals surface area contributed by atoms with Gasteiger partial charge in [-0.3, -0.25) is 14.9 Å². The molecule has 1 heterocycles. The van der Waals surface area contributed by atoms with Crippen LogP contribution in [0.4, 0.5) is 4.79 Å². The highest BCUT2D eigenvalue weighted by molar-refractivity contribution is 8.18. The zero-order valence-corrected chi connectivity index (χ0v) is 18.1. The lowest BCUT2D eigenvalue weighted by Gasteiger charge is -2.57. The van der Waals surface area contributed by atoms with Gasteiger partial charge in [0.25, 0.3) is 11.1 Å². The fourth-order valence-electron chi connectivity index (χ4n) is 6.93. The maximum atomic E-state index is 11.8. The van der Waals surface area contributed by atoms with Crippen LogP contribution in [0.3, 0.4) is 0 Å². The Morgan fingerprint density at radius 3 is 2.10 bits per heavy atom. The van der Waals surface area contributed by atoms with Crippen LogP contribution in [0.15, 0.2) is 47.4 Å². The molecular weight excluding hydrogens is 406 g/mol. The second-order valence-corrected chi connectivity index (χ2v) is 10.9. The van der Waals surface area contributed by atoms with Crippen molar-refractivity contribution in [1.29, 1.82) is 0 Å². The number of imide groups is 1. The molecule has 158 valence electrons. The Kier molecular flexibility index (Phi) is 4.32. The van der Waals surface area contributed by atoms with Crippen molar-refractivity contribution >= 4 is 29.0 Å². The van der Waals surface area contributed by atoms with Gasteiger partial charge in [0.15, 0.2) is 0 Å². The Labute approximate surface area is 186 Å². The SMILES string of the molecule is O=C1NC(=O)/C(=C/c2ccc(-c3ccc(O)c(C45CC6CC(CC(C6)C4)C5)c3)cc2)S1. The van der Waals surface area contributed by atoms with Crippen molar-refractivity contribution in [2.24, 2.45) is 17.8 Å². The average Bonchev–Trinajstić information content (AvgIpc) is 3.04. The maximum Gasteiger partial charge on any atom is 0.290 e. The molecule has 4 nitrogen and oxygen atoms in total.